The predicted molar refractivity (Wildman–Crippen MR) is 134 cm³/mol. The van der Waals surface area contributed by atoms with Crippen LogP contribution in [0.3, 0.4) is 0 Å². The van der Waals surface area contributed by atoms with Crippen molar-refractivity contribution in [2.24, 2.45) is 5.92 Å². The summed E-state index contributed by atoms with van der Waals surface area (Å²) >= 11 is 0. The first kappa shape index (κ1) is 30.1. The predicted octanol–water partition coefficient (Wildman–Crippen LogP) is 9.27. The van der Waals surface area contributed by atoms with E-state index >= 15 is 0 Å². The Kier molecular flexibility index (Phi) is 23.1. The van der Waals surface area contributed by atoms with E-state index in [1.54, 1.807) is 0 Å². The van der Waals surface area contributed by atoms with Crippen LogP contribution in [0.1, 0.15) is 162 Å². The molecule has 0 radical (unpaired) electrons. The van der Waals surface area contributed by atoms with Crippen LogP contribution in [0, 0.1) is 5.92 Å². The van der Waals surface area contributed by atoms with Crippen LogP contribution in [0.25, 0.3) is 0 Å². The lowest BCUT2D eigenvalue weighted by Gasteiger charge is -2.11. The molecule has 0 aromatic heterocycles. The molecule has 0 saturated heterocycles. The van der Waals surface area contributed by atoms with Crippen molar-refractivity contribution in [3.63, 3.8) is 0 Å². The van der Waals surface area contributed by atoms with Gasteiger partial charge in [-0.15, -0.1) is 0 Å². The standard InChI is InChI=1S/C28H54O3/c1-3-5-7-9-11-12-13-14-15-16-17-18-19-21-23-25-27(29)26(28(30)31)24-22-20-10-8-6-4-2/h26H,3-25H2,1-2H3,(H,30,31). The normalized spacial score (nSPS) is 12.2. The zero-order chi connectivity index (χ0) is 23.0. The molecule has 0 aliphatic rings. The van der Waals surface area contributed by atoms with Crippen molar-refractivity contribution in [1.82, 2.24) is 0 Å². The van der Waals surface area contributed by atoms with Crippen LogP contribution in [-0.2, 0) is 9.59 Å². The second-order valence-corrected chi connectivity index (χ2v) is 9.61. The molecule has 0 aliphatic carbocycles. The Labute approximate surface area is 194 Å². The van der Waals surface area contributed by atoms with Gasteiger partial charge >= 0.3 is 5.97 Å². The summed E-state index contributed by atoms with van der Waals surface area (Å²) in [5, 5.41) is 9.39. The molecule has 184 valence electrons. The van der Waals surface area contributed by atoms with Gasteiger partial charge in [0.15, 0.2) is 0 Å². The maximum atomic E-state index is 12.3. The smallest absolute Gasteiger partial charge is 0.314 e. The number of carbonyl (C=O) groups is 2. The van der Waals surface area contributed by atoms with Crippen molar-refractivity contribution in [2.45, 2.75) is 162 Å². The molecule has 0 spiro atoms. The van der Waals surface area contributed by atoms with Crippen LogP contribution in [-0.4, -0.2) is 16.9 Å². The van der Waals surface area contributed by atoms with Crippen LogP contribution >= 0.6 is 0 Å². The second-order valence-electron chi connectivity index (χ2n) is 9.61. The molecule has 0 aromatic carbocycles. The van der Waals surface area contributed by atoms with Gasteiger partial charge in [-0.3, -0.25) is 9.59 Å². The maximum Gasteiger partial charge on any atom is 0.314 e. The van der Waals surface area contributed by atoms with Gasteiger partial charge < -0.3 is 5.11 Å². The first-order chi connectivity index (χ1) is 15.1. The third-order valence-corrected chi connectivity index (χ3v) is 6.56. The number of carbonyl (C=O) groups excluding carboxylic acids is 1. The fourth-order valence-corrected chi connectivity index (χ4v) is 4.40. The summed E-state index contributed by atoms with van der Waals surface area (Å²) in [6.07, 6.45) is 27.3. The Morgan fingerprint density at radius 3 is 1.19 bits per heavy atom. The highest BCUT2D eigenvalue weighted by molar-refractivity contribution is 5.98. The van der Waals surface area contributed by atoms with Crippen molar-refractivity contribution >= 4 is 11.8 Å². The van der Waals surface area contributed by atoms with Crippen LogP contribution in [0.4, 0.5) is 0 Å². The lowest BCUT2D eigenvalue weighted by atomic mass is 9.93. The van der Waals surface area contributed by atoms with Gasteiger partial charge in [0.05, 0.1) is 0 Å². The first-order valence-corrected chi connectivity index (χ1v) is 13.9. The monoisotopic (exact) mass is 438 g/mol. The Morgan fingerprint density at radius 1 is 0.516 bits per heavy atom. The van der Waals surface area contributed by atoms with E-state index in [1.165, 1.54) is 103 Å². The fraction of sp³-hybridized carbons (Fsp3) is 0.929. The van der Waals surface area contributed by atoms with Gasteiger partial charge in [-0.2, -0.15) is 0 Å². The Morgan fingerprint density at radius 2 is 0.839 bits per heavy atom. The van der Waals surface area contributed by atoms with E-state index in [1.807, 2.05) is 0 Å². The van der Waals surface area contributed by atoms with Crippen LogP contribution in [0.5, 0.6) is 0 Å². The summed E-state index contributed by atoms with van der Waals surface area (Å²) in [7, 11) is 0. The van der Waals surface area contributed by atoms with Gasteiger partial charge in [-0.25, -0.2) is 0 Å². The number of hydrogen-bond donors (Lipinski definition) is 1. The van der Waals surface area contributed by atoms with Crippen LogP contribution in [0.15, 0.2) is 0 Å². The summed E-state index contributed by atoms with van der Waals surface area (Å²) < 4.78 is 0. The maximum absolute atomic E-state index is 12.3. The minimum atomic E-state index is -0.917. The molecule has 0 rings (SSSR count). The molecule has 1 unspecified atom stereocenters. The van der Waals surface area contributed by atoms with E-state index in [0.29, 0.717) is 12.8 Å². The third kappa shape index (κ3) is 20.8. The first-order valence-electron chi connectivity index (χ1n) is 13.9. The zero-order valence-electron chi connectivity index (χ0n) is 21.1. The van der Waals surface area contributed by atoms with E-state index < -0.39 is 11.9 Å². The Hall–Kier alpha value is -0.860. The summed E-state index contributed by atoms with van der Waals surface area (Å²) in [5.41, 5.74) is 0. The topological polar surface area (TPSA) is 54.4 Å². The molecule has 3 nitrogen and oxygen atoms in total. The van der Waals surface area contributed by atoms with E-state index in [0.717, 1.165) is 32.1 Å². The van der Waals surface area contributed by atoms with Gasteiger partial charge in [0.2, 0.25) is 0 Å². The summed E-state index contributed by atoms with van der Waals surface area (Å²) in [6.45, 7) is 4.46. The second kappa shape index (κ2) is 23.8. The van der Waals surface area contributed by atoms with E-state index in [9.17, 15) is 14.7 Å². The molecule has 0 bridgehead atoms. The highest BCUT2D eigenvalue weighted by Gasteiger charge is 2.24. The SMILES string of the molecule is CCCCCCCCCCCCCCCCCC(=O)C(CCCCCCCC)C(=O)O. The molecular weight excluding hydrogens is 384 g/mol. The number of rotatable bonds is 25. The number of carboxylic acid groups (broad SMARTS) is 1. The number of hydrogen-bond acceptors (Lipinski definition) is 2. The van der Waals surface area contributed by atoms with Crippen molar-refractivity contribution in [2.75, 3.05) is 0 Å². The van der Waals surface area contributed by atoms with Crippen molar-refractivity contribution in [1.29, 1.82) is 0 Å². The van der Waals surface area contributed by atoms with Gasteiger partial charge in [-0.1, -0.05) is 142 Å². The minimum Gasteiger partial charge on any atom is -0.481 e. The van der Waals surface area contributed by atoms with E-state index in [2.05, 4.69) is 13.8 Å². The van der Waals surface area contributed by atoms with Gasteiger partial charge in [0.1, 0.15) is 11.7 Å². The molecule has 0 heterocycles. The fourth-order valence-electron chi connectivity index (χ4n) is 4.40. The molecule has 1 N–H and O–H groups in total. The van der Waals surface area contributed by atoms with Crippen molar-refractivity contribution in [3.8, 4) is 0 Å². The van der Waals surface area contributed by atoms with Crippen LogP contribution in [0.2, 0.25) is 0 Å². The molecule has 0 aliphatic heterocycles. The highest BCUT2D eigenvalue weighted by atomic mass is 16.4. The average Bonchev–Trinajstić information content (AvgIpc) is 2.75. The lowest BCUT2D eigenvalue weighted by molar-refractivity contribution is -0.146. The zero-order valence-corrected chi connectivity index (χ0v) is 21.1. The molecular formula is C28H54O3. The third-order valence-electron chi connectivity index (χ3n) is 6.56. The average molecular weight is 439 g/mol. The number of ketones is 1. The number of aliphatic carboxylic acids is 1. The highest BCUT2D eigenvalue weighted by Crippen LogP contribution is 2.18. The molecule has 3 heteroatoms. The number of unbranched alkanes of at least 4 members (excludes halogenated alkanes) is 19. The summed E-state index contributed by atoms with van der Waals surface area (Å²) in [5.74, 6) is -1.73. The van der Waals surface area contributed by atoms with Gasteiger partial charge in [-0.05, 0) is 12.8 Å². The number of Topliss-reactive ketones (excluding diaryl/α,β-unsaturated/α-hetero) is 1. The summed E-state index contributed by atoms with van der Waals surface area (Å²) in [4.78, 5) is 23.8. The summed E-state index contributed by atoms with van der Waals surface area (Å²) in [6, 6.07) is 0. The van der Waals surface area contributed by atoms with E-state index in [-0.39, 0.29) is 5.78 Å². The molecule has 31 heavy (non-hydrogen) atoms. The van der Waals surface area contributed by atoms with E-state index in [4.69, 9.17) is 0 Å². The Balaban J connectivity index is 3.52. The lowest BCUT2D eigenvalue weighted by Crippen LogP contribution is -2.23. The minimum absolute atomic E-state index is 0.0456. The molecule has 1 atom stereocenters. The van der Waals surface area contributed by atoms with Gasteiger partial charge in [0.25, 0.3) is 0 Å². The van der Waals surface area contributed by atoms with Crippen LogP contribution < -0.4 is 0 Å². The van der Waals surface area contributed by atoms with Crippen molar-refractivity contribution in [3.05, 3.63) is 0 Å². The molecule has 0 aromatic rings. The number of carboxylic acids is 1. The molecule has 0 amide bonds. The largest absolute Gasteiger partial charge is 0.481 e. The Bertz CT molecular complexity index is 405. The quantitative estimate of drug-likeness (QED) is 0.114. The van der Waals surface area contributed by atoms with Gasteiger partial charge in [0, 0.05) is 6.42 Å². The molecule has 0 fully saturated rings. The van der Waals surface area contributed by atoms with Crippen molar-refractivity contribution < 1.29 is 14.7 Å². The molecule has 0 saturated carbocycles.